The van der Waals surface area contributed by atoms with Crippen molar-refractivity contribution < 1.29 is 32.7 Å². The van der Waals surface area contributed by atoms with Crippen LogP contribution in [0, 0.1) is 0 Å². The zero-order chi connectivity index (χ0) is 12.3. The molecule has 0 amide bonds. The minimum absolute atomic E-state index is 0.0256. The zero-order valence-electron chi connectivity index (χ0n) is 8.00. The molecule has 8 heteroatoms. The molecule has 0 rings (SSSR count). The summed E-state index contributed by atoms with van der Waals surface area (Å²) >= 11 is 0. The molecule has 0 aliphatic rings. The maximum Gasteiger partial charge on any atom is 0.333 e. The first-order chi connectivity index (χ1) is 6.53. The van der Waals surface area contributed by atoms with Gasteiger partial charge in [-0.3, -0.25) is 4.55 Å². The van der Waals surface area contributed by atoms with Gasteiger partial charge in [0.25, 0.3) is 10.1 Å². The number of ether oxygens (including phenoxy) is 1. The summed E-state index contributed by atoms with van der Waals surface area (Å²) in [5.41, 5.74) is 0.0256. The van der Waals surface area contributed by atoms with Crippen LogP contribution >= 0.6 is 0 Å². The minimum atomic E-state index is -4.56. The summed E-state index contributed by atoms with van der Waals surface area (Å²) in [6, 6.07) is 0. The summed E-state index contributed by atoms with van der Waals surface area (Å²) in [5.74, 6) is -5.06. The average Bonchev–Trinajstić information content (AvgIpc) is 1.95. The molecule has 0 aromatic rings. The summed E-state index contributed by atoms with van der Waals surface area (Å²) in [4.78, 5) is 10.8. The van der Waals surface area contributed by atoms with Crippen LogP contribution in [-0.4, -0.2) is 47.3 Å². The number of aliphatic hydroxyl groups is 2. The first kappa shape index (κ1) is 14.0. The van der Waals surface area contributed by atoms with Gasteiger partial charge in [0.1, 0.15) is 12.4 Å². The largest absolute Gasteiger partial charge is 0.457 e. The van der Waals surface area contributed by atoms with Crippen molar-refractivity contribution in [1.82, 2.24) is 0 Å². The second kappa shape index (κ2) is 4.71. The molecule has 0 spiro atoms. The summed E-state index contributed by atoms with van der Waals surface area (Å²) < 4.78 is 33.2. The molecule has 0 fully saturated rings. The van der Waals surface area contributed by atoms with Crippen LogP contribution in [0.1, 0.15) is 6.92 Å². The van der Waals surface area contributed by atoms with Crippen molar-refractivity contribution >= 4 is 16.1 Å². The van der Waals surface area contributed by atoms with Crippen LogP contribution in [0.2, 0.25) is 0 Å². The number of rotatable bonds is 5. The lowest BCUT2D eigenvalue weighted by atomic mass is 10.3. The molecule has 0 atom stereocenters. The zero-order valence-corrected chi connectivity index (χ0v) is 8.82. The van der Waals surface area contributed by atoms with E-state index >= 15 is 0 Å². The normalized spacial score (nSPS) is 12.3. The van der Waals surface area contributed by atoms with Crippen molar-refractivity contribution in [3.8, 4) is 0 Å². The highest BCUT2D eigenvalue weighted by Gasteiger charge is 2.31. The van der Waals surface area contributed by atoms with Crippen LogP contribution in [0.25, 0.3) is 0 Å². The van der Waals surface area contributed by atoms with Gasteiger partial charge in [-0.25, -0.2) is 4.79 Å². The van der Waals surface area contributed by atoms with Gasteiger partial charge >= 0.3 is 5.97 Å². The Morgan fingerprint density at radius 1 is 1.47 bits per heavy atom. The third kappa shape index (κ3) is 7.03. The van der Waals surface area contributed by atoms with E-state index in [4.69, 9.17) is 14.8 Å². The summed E-state index contributed by atoms with van der Waals surface area (Å²) in [6.45, 7) is 3.59. The number of hydrogen-bond acceptors (Lipinski definition) is 6. The quantitative estimate of drug-likeness (QED) is 0.236. The number of carbonyl (C=O) groups excluding carboxylic acids is 1. The fourth-order valence-electron chi connectivity index (χ4n) is 0.638. The molecular formula is C7H12O7S. The maximum absolute atomic E-state index is 10.8. The van der Waals surface area contributed by atoms with E-state index in [2.05, 4.69) is 11.3 Å². The van der Waals surface area contributed by atoms with Gasteiger partial charge in [-0.2, -0.15) is 8.42 Å². The Morgan fingerprint density at radius 3 is 2.27 bits per heavy atom. The molecule has 0 bridgehead atoms. The van der Waals surface area contributed by atoms with Crippen LogP contribution in [-0.2, 0) is 19.6 Å². The highest BCUT2D eigenvalue weighted by molar-refractivity contribution is 7.85. The molecule has 0 aliphatic carbocycles. The first-order valence-corrected chi connectivity index (χ1v) is 5.37. The van der Waals surface area contributed by atoms with Crippen molar-refractivity contribution in [2.24, 2.45) is 0 Å². The van der Waals surface area contributed by atoms with E-state index in [9.17, 15) is 13.2 Å². The maximum atomic E-state index is 10.8. The fraction of sp³-hybridized carbons (Fsp3) is 0.571. The third-order valence-electron chi connectivity index (χ3n) is 1.20. The number of hydrogen-bond donors (Lipinski definition) is 3. The lowest BCUT2D eigenvalue weighted by molar-refractivity contribution is -0.187. The van der Waals surface area contributed by atoms with Gasteiger partial charge in [0.05, 0.1) is 0 Å². The molecule has 0 unspecified atom stereocenters. The topological polar surface area (TPSA) is 121 Å². The predicted octanol–water partition coefficient (Wildman–Crippen LogP) is -1.33. The number of esters is 1. The monoisotopic (exact) mass is 240 g/mol. The summed E-state index contributed by atoms with van der Waals surface area (Å²) in [6.07, 6.45) is 0. The van der Waals surface area contributed by atoms with E-state index < -0.39 is 34.2 Å². The van der Waals surface area contributed by atoms with E-state index in [0.717, 1.165) is 0 Å². The van der Waals surface area contributed by atoms with Crippen molar-refractivity contribution in [2.75, 3.05) is 12.4 Å². The van der Waals surface area contributed by atoms with Gasteiger partial charge in [0, 0.05) is 5.57 Å². The molecule has 0 saturated heterocycles. The lowest BCUT2D eigenvalue weighted by Crippen LogP contribution is -2.42. The Balaban J connectivity index is 4.28. The van der Waals surface area contributed by atoms with E-state index in [-0.39, 0.29) is 5.57 Å². The summed E-state index contributed by atoms with van der Waals surface area (Å²) in [5, 5.41) is 18.0. The van der Waals surface area contributed by atoms with Crippen molar-refractivity contribution in [1.29, 1.82) is 0 Å². The fourth-order valence-corrected chi connectivity index (χ4v) is 1.31. The van der Waals surface area contributed by atoms with Crippen molar-refractivity contribution in [3.05, 3.63) is 12.2 Å². The van der Waals surface area contributed by atoms with Gasteiger partial charge in [-0.1, -0.05) is 6.58 Å². The molecule has 0 aromatic heterocycles. The van der Waals surface area contributed by atoms with Gasteiger partial charge < -0.3 is 14.9 Å². The van der Waals surface area contributed by atoms with E-state index in [1.807, 2.05) is 0 Å². The molecule has 0 heterocycles. The van der Waals surface area contributed by atoms with E-state index in [0.29, 0.717) is 0 Å². The van der Waals surface area contributed by atoms with Crippen LogP contribution in [0.5, 0.6) is 0 Å². The Hall–Kier alpha value is -0.960. The smallest absolute Gasteiger partial charge is 0.333 e. The van der Waals surface area contributed by atoms with Crippen LogP contribution < -0.4 is 0 Å². The van der Waals surface area contributed by atoms with Crippen molar-refractivity contribution in [2.45, 2.75) is 12.7 Å². The van der Waals surface area contributed by atoms with E-state index in [1.165, 1.54) is 6.92 Å². The second-order valence-corrected chi connectivity index (χ2v) is 4.52. The Kier molecular flexibility index (Phi) is 4.41. The lowest BCUT2D eigenvalue weighted by Gasteiger charge is -2.19. The van der Waals surface area contributed by atoms with Gasteiger partial charge in [-0.15, -0.1) is 0 Å². The Labute approximate surface area is 86.7 Å². The van der Waals surface area contributed by atoms with Gasteiger partial charge in [-0.05, 0) is 6.92 Å². The minimum Gasteiger partial charge on any atom is -0.457 e. The van der Waals surface area contributed by atoms with E-state index in [1.54, 1.807) is 0 Å². The third-order valence-corrected chi connectivity index (χ3v) is 2.02. The van der Waals surface area contributed by atoms with Gasteiger partial charge in [0.2, 0.25) is 5.79 Å². The predicted molar refractivity (Wildman–Crippen MR) is 49.4 cm³/mol. The van der Waals surface area contributed by atoms with Crippen molar-refractivity contribution in [3.63, 3.8) is 0 Å². The van der Waals surface area contributed by atoms with Crippen LogP contribution in [0.4, 0.5) is 0 Å². The number of carbonyl (C=O) groups is 1. The highest BCUT2D eigenvalue weighted by Crippen LogP contribution is 2.05. The molecule has 0 aliphatic heterocycles. The summed E-state index contributed by atoms with van der Waals surface area (Å²) in [7, 11) is -4.56. The molecule has 88 valence electrons. The van der Waals surface area contributed by atoms with Gasteiger partial charge in [0.15, 0.2) is 0 Å². The highest BCUT2D eigenvalue weighted by atomic mass is 32.2. The molecule has 3 N–H and O–H groups in total. The Bertz CT molecular complexity index is 354. The van der Waals surface area contributed by atoms with Crippen LogP contribution in [0.15, 0.2) is 12.2 Å². The molecular weight excluding hydrogens is 228 g/mol. The first-order valence-electron chi connectivity index (χ1n) is 3.76. The second-order valence-electron chi connectivity index (χ2n) is 3.07. The molecule has 0 aromatic carbocycles. The standard InChI is InChI=1S/C7H12O7S/c1-5(2)6(8)14-3-7(9,10)4-15(11,12)13/h9-10H,1,3-4H2,2H3,(H,11,12,13). The van der Waals surface area contributed by atoms with Crippen LogP contribution in [0.3, 0.4) is 0 Å². The SMILES string of the molecule is C=C(C)C(=O)OCC(O)(O)CS(=O)(=O)O. The average molecular weight is 240 g/mol. The Morgan fingerprint density at radius 2 is 1.93 bits per heavy atom. The molecule has 15 heavy (non-hydrogen) atoms. The molecule has 0 radical (unpaired) electrons. The molecule has 0 saturated carbocycles. The molecule has 7 nitrogen and oxygen atoms in total.